The summed E-state index contributed by atoms with van der Waals surface area (Å²) >= 11 is 0. The Morgan fingerprint density at radius 1 is 1.25 bits per heavy atom. The lowest BCUT2D eigenvalue weighted by Crippen LogP contribution is -2.37. The van der Waals surface area contributed by atoms with Crippen molar-refractivity contribution in [2.45, 2.75) is 39.5 Å². The third kappa shape index (κ3) is 2.28. The van der Waals surface area contributed by atoms with Crippen LogP contribution in [-0.2, 0) is 9.59 Å². The van der Waals surface area contributed by atoms with Gasteiger partial charge in [-0.25, -0.2) is 0 Å². The normalized spacial score (nSPS) is 32.1. The molecule has 2 aliphatic rings. The van der Waals surface area contributed by atoms with Gasteiger partial charge in [-0.05, 0) is 31.1 Å². The Morgan fingerprint density at radius 3 is 2.50 bits per heavy atom. The summed E-state index contributed by atoms with van der Waals surface area (Å²) < 4.78 is 0. The minimum Gasteiger partial charge on any atom is -0.349 e. The van der Waals surface area contributed by atoms with Crippen LogP contribution in [-0.4, -0.2) is 18.2 Å². The summed E-state index contributed by atoms with van der Waals surface area (Å²) in [6, 6.07) is 0. The highest BCUT2D eigenvalue weighted by atomic mass is 16.2. The van der Waals surface area contributed by atoms with Crippen molar-refractivity contribution >= 4 is 11.7 Å². The second kappa shape index (κ2) is 4.56. The van der Waals surface area contributed by atoms with E-state index in [1.807, 2.05) is 13.8 Å². The zero-order chi connectivity index (χ0) is 11.7. The number of hydrogen-bond donors (Lipinski definition) is 1. The van der Waals surface area contributed by atoms with E-state index in [9.17, 15) is 9.59 Å². The van der Waals surface area contributed by atoms with E-state index in [0.29, 0.717) is 5.92 Å². The molecule has 0 radical (unpaired) electrons. The van der Waals surface area contributed by atoms with Crippen LogP contribution in [0.15, 0.2) is 0 Å². The summed E-state index contributed by atoms with van der Waals surface area (Å²) in [5.41, 5.74) is 0. The van der Waals surface area contributed by atoms with Crippen molar-refractivity contribution in [3.63, 3.8) is 0 Å². The molecule has 0 heterocycles. The van der Waals surface area contributed by atoms with Crippen molar-refractivity contribution in [2.24, 2.45) is 23.7 Å². The van der Waals surface area contributed by atoms with Gasteiger partial charge in [0, 0.05) is 11.8 Å². The van der Waals surface area contributed by atoms with Gasteiger partial charge in [0.1, 0.15) is 0 Å². The Kier molecular flexibility index (Phi) is 3.31. The van der Waals surface area contributed by atoms with Crippen LogP contribution in [0.1, 0.15) is 39.5 Å². The van der Waals surface area contributed by atoms with Gasteiger partial charge in [0.05, 0.1) is 6.54 Å². The highest BCUT2D eigenvalue weighted by molar-refractivity contribution is 5.88. The minimum absolute atomic E-state index is 0.0142. The van der Waals surface area contributed by atoms with E-state index in [2.05, 4.69) is 5.32 Å². The number of carbonyl (C=O) groups is 2. The highest BCUT2D eigenvalue weighted by Gasteiger charge is 2.42. The summed E-state index contributed by atoms with van der Waals surface area (Å²) in [6.45, 7) is 3.95. The minimum atomic E-state index is 0.0142. The Labute approximate surface area is 97.0 Å². The van der Waals surface area contributed by atoms with Crippen LogP contribution in [0.4, 0.5) is 0 Å². The van der Waals surface area contributed by atoms with Gasteiger partial charge in [0.25, 0.3) is 0 Å². The molecular weight excluding hydrogens is 202 g/mol. The van der Waals surface area contributed by atoms with Crippen LogP contribution in [0.2, 0.25) is 0 Å². The summed E-state index contributed by atoms with van der Waals surface area (Å²) in [5.74, 6) is 1.82. The second-order valence-electron chi connectivity index (χ2n) is 5.62. The van der Waals surface area contributed by atoms with Gasteiger partial charge in [0.2, 0.25) is 5.91 Å². The standard InChI is InChI=1S/C13H21NO2/c1-8(2)12(15)7-14-13(16)11-6-9-3-4-10(11)5-9/h8-11H,3-7H2,1-2H3,(H,14,16). The smallest absolute Gasteiger partial charge is 0.223 e. The first-order valence-corrected chi connectivity index (χ1v) is 6.38. The van der Waals surface area contributed by atoms with E-state index in [1.54, 1.807) is 0 Å². The molecule has 90 valence electrons. The fourth-order valence-corrected chi connectivity index (χ4v) is 3.08. The van der Waals surface area contributed by atoms with Crippen LogP contribution < -0.4 is 5.32 Å². The average Bonchev–Trinajstić information content (AvgIpc) is 2.86. The monoisotopic (exact) mass is 223 g/mol. The lowest BCUT2D eigenvalue weighted by molar-refractivity contribution is -0.129. The topological polar surface area (TPSA) is 46.2 Å². The summed E-state index contributed by atoms with van der Waals surface area (Å²) in [7, 11) is 0. The number of Topliss-reactive ketones (excluding diaryl/α,β-unsaturated/α-hetero) is 1. The quantitative estimate of drug-likeness (QED) is 0.789. The summed E-state index contributed by atoms with van der Waals surface area (Å²) in [6.07, 6.45) is 4.79. The predicted octanol–water partition coefficient (Wildman–Crippen LogP) is 1.76. The van der Waals surface area contributed by atoms with E-state index in [1.165, 1.54) is 19.3 Å². The number of amides is 1. The maximum atomic E-state index is 11.9. The van der Waals surface area contributed by atoms with Crippen LogP contribution in [0, 0.1) is 23.7 Å². The first-order chi connectivity index (χ1) is 7.58. The molecule has 1 amide bonds. The lowest BCUT2D eigenvalue weighted by Gasteiger charge is -2.20. The molecule has 2 rings (SSSR count). The van der Waals surface area contributed by atoms with Gasteiger partial charge in [-0.15, -0.1) is 0 Å². The van der Waals surface area contributed by atoms with E-state index < -0.39 is 0 Å². The Balaban J connectivity index is 1.78. The molecule has 0 aromatic carbocycles. The van der Waals surface area contributed by atoms with Crippen LogP contribution >= 0.6 is 0 Å². The molecule has 3 atom stereocenters. The third-order valence-corrected chi connectivity index (χ3v) is 4.16. The van der Waals surface area contributed by atoms with Gasteiger partial charge in [-0.3, -0.25) is 9.59 Å². The third-order valence-electron chi connectivity index (χ3n) is 4.16. The van der Waals surface area contributed by atoms with E-state index >= 15 is 0 Å². The number of hydrogen-bond acceptors (Lipinski definition) is 2. The van der Waals surface area contributed by atoms with E-state index in [0.717, 1.165) is 12.3 Å². The molecule has 3 nitrogen and oxygen atoms in total. The predicted molar refractivity (Wildman–Crippen MR) is 61.8 cm³/mol. The summed E-state index contributed by atoms with van der Waals surface area (Å²) in [5, 5.41) is 2.80. The second-order valence-corrected chi connectivity index (χ2v) is 5.62. The molecule has 3 unspecified atom stereocenters. The van der Waals surface area contributed by atoms with E-state index in [-0.39, 0.29) is 30.1 Å². The van der Waals surface area contributed by atoms with Crippen molar-refractivity contribution in [1.29, 1.82) is 0 Å². The van der Waals surface area contributed by atoms with Gasteiger partial charge in [-0.2, -0.15) is 0 Å². The zero-order valence-corrected chi connectivity index (χ0v) is 10.2. The fraction of sp³-hybridized carbons (Fsp3) is 0.846. The fourth-order valence-electron chi connectivity index (χ4n) is 3.08. The maximum Gasteiger partial charge on any atom is 0.223 e. The lowest BCUT2D eigenvalue weighted by atomic mass is 9.88. The van der Waals surface area contributed by atoms with Crippen molar-refractivity contribution in [2.75, 3.05) is 6.54 Å². The van der Waals surface area contributed by atoms with Crippen molar-refractivity contribution in [3.05, 3.63) is 0 Å². The Bertz CT molecular complexity index is 298. The molecule has 0 spiro atoms. The SMILES string of the molecule is CC(C)C(=O)CNC(=O)C1CC2CCC1C2. The zero-order valence-electron chi connectivity index (χ0n) is 10.2. The van der Waals surface area contributed by atoms with Crippen molar-refractivity contribution in [1.82, 2.24) is 5.32 Å². The molecule has 2 saturated carbocycles. The Hall–Kier alpha value is -0.860. The molecule has 0 aromatic heterocycles. The van der Waals surface area contributed by atoms with Gasteiger partial charge in [-0.1, -0.05) is 20.3 Å². The molecule has 3 heteroatoms. The molecule has 0 saturated heterocycles. The van der Waals surface area contributed by atoms with Crippen LogP contribution in [0.3, 0.4) is 0 Å². The maximum absolute atomic E-state index is 11.9. The largest absolute Gasteiger partial charge is 0.349 e. The van der Waals surface area contributed by atoms with Crippen molar-refractivity contribution in [3.8, 4) is 0 Å². The number of nitrogens with one attached hydrogen (secondary N) is 1. The number of rotatable bonds is 4. The number of ketones is 1. The van der Waals surface area contributed by atoms with Gasteiger partial charge in [0.15, 0.2) is 5.78 Å². The van der Waals surface area contributed by atoms with Crippen LogP contribution in [0.5, 0.6) is 0 Å². The molecule has 2 aliphatic carbocycles. The average molecular weight is 223 g/mol. The van der Waals surface area contributed by atoms with Crippen molar-refractivity contribution < 1.29 is 9.59 Å². The first-order valence-electron chi connectivity index (χ1n) is 6.38. The van der Waals surface area contributed by atoms with Gasteiger partial charge < -0.3 is 5.32 Å². The molecule has 2 bridgehead atoms. The summed E-state index contributed by atoms with van der Waals surface area (Å²) in [4.78, 5) is 23.3. The van der Waals surface area contributed by atoms with Crippen LogP contribution in [0.25, 0.3) is 0 Å². The van der Waals surface area contributed by atoms with Gasteiger partial charge >= 0.3 is 0 Å². The first kappa shape index (κ1) is 11.6. The molecular formula is C13H21NO2. The molecule has 1 N–H and O–H groups in total. The molecule has 16 heavy (non-hydrogen) atoms. The molecule has 0 aromatic rings. The van der Waals surface area contributed by atoms with E-state index in [4.69, 9.17) is 0 Å². The number of carbonyl (C=O) groups excluding carboxylic acids is 2. The Morgan fingerprint density at radius 2 is 2.00 bits per heavy atom. The molecule has 0 aliphatic heterocycles. The molecule has 2 fully saturated rings. The highest BCUT2D eigenvalue weighted by Crippen LogP contribution is 2.48. The number of fused-ring (bicyclic) bond motifs is 2.